The first-order valence-corrected chi connectivity index (χ1v) is 11.7. The number of fused-ring (bicyclic) bond motifs is 1. The van der Waals surface area contributed by atoms with Crippen molar-refractivity contribution in [2.24, 2.45) is 0 Å². The molecule has 2 rings (SSSR count). The van der Waals surface area contributed by atoms with Crippen LogP contribution in [0.3, 0.4) is 0 Å². The molecule has 0 aliphatic carbocycles. The SMILES string of the molecule is CCCCCCCCCCCCCCN1C(=O)c2ccccc2S1(=O)=O. The van der Waals surface area contributed by atoms with Crippen LogP contribution in [-0.2, 0) is 10.0 Å². The highest BCUT2D eigenvalue weighted by Crippen LogP contribution is 2.30. The normalized spacial score (nSPS) is 15.4. The van der Waals surface area contributed by atoms with E-state index in [4.69, 9.17) is 0 Å². The van der Waals surface area contributed by atoms with Crippen LogP contribution >= 0.6 is 0 Å². The number of sulfonamides is 1. The molecule has 0 spiro atoms. The molecule has 0 saturated heterocycles. The summed E-state index contributed by atoms with van der Waals surface area (Å²) in [4.78, 5) is 12.4. The average molecular weight is 380 g/mol. The number of nitrogens with zero attached hydrogens (tertiary/aromatic N) is 1. The van der Waals surface area contributed by atoms with Crippen LogP contribution in [0.5, 0.6) is 0 Å². The van der Waals surface area contributed by atoms with E-state index in [0.29, 0.717) is 12.1 Å². The Morgan fingerprint density at radius 1 is 0.769 bits per heavy atom. The van der Waals surface area contributed by atoms with Gasteiger partial charge in [0.05, 0.1) is 5.56 Å². The summed E-state index contributed by atoms with van der Waals surface area (Å²) in [5, 5.41) is 0. The zero-order valence-electron chi connectivity index (χ0n) is 16.1. The second kappa shape index (κ2) is 10.7. The van der Waals surface area contributed by atoms with Crippen molar-refractivity contribution in [3.63, 3.8) is 0 Å². The average Bonchev–Trinajstić information content (AvgIpc) is 2.83. The van der Waals surface area contributed by atoms with E-state index in [0.717, 1.165) is 23.6 Å². The lowest BCUT2D eigenvalue weighted by molar-refractivity contribution is 0.0869. The van der Waals surface area contributed by atoms with Gasteiger partial charge >= 0.3 is 0 Å². The number of hydrogen-bond acceptors (Lipinski definition) is 3. The molecule has 0 saturated carbocycles. The highest BCUT2D eigenvalue weighted by molar-refractivity contribution is 7.90. The Morgan fingerprint density at radius 2 is 1.27 bits per heavy atom. The van der Waals surface area contributed by atoms with Crippen molar-refractivity contribution < 1.29 is 13.2 Å². The summed E-state index contributed by atoms with van der Waals surface area (Å²) in [6.07, 6.45) is 14.7. The van der Waals surface area contributed by atoms with Gasteiger partial charge in [0.25, 0.3) is 15.9 Å². The van der Waals surface area contributed by atoms with Crippen LogP contribution in [-0.4, -0.2) is 25.2 Å². The Hall–Kier alpha value is -1.36. The molecule has 1 aliphatic rings. The first kappa shape index (κ1) is 20.9. The fourth-order valence-corrected chi connectivity index (χ4v) is 5.16. The number of amides is 1. The van der Waals surface area contributed by atoms with Gasteiger partial charge in [-0.15, -0.1) is 0 Å². The molecular weight excluding hydrogens is 346 g/mol. The van der Waals surface area contributed by atoms with Crippen molar-refractivity contribution in [3.8, 4) is 0 Å². The van der Waals surface area contributed by atoms with Gasteiger partial charge in [-0.3, -0.25) is 4.79 Å². The molecule has 0 aromatic heterocycles. The van der Waals surface area contributed by atoms with Crippen molar-refractivity contribution in [1.29, 1.82) is 0 Å². The standard InChI is InChI=1S/C21H33NO3S/c1-2-3-4-5-6-7-8-9-10-11-12-15-18-22-21(23)19-16-13-14-17-20(19)26(22,24)25/h13-14,16-17H,2-12,15,18H2,1H3. The van der Waals surface area contributed by atoms with Gasteiger partial charge in [0.1, 0.15) is 4.90 Å². The van der Waals surface area contributed by atoms with Crippen LogP contribution in [0.25, 0.3) is 0 Å². The van der Waals surface area contributed by atoms with Crippen LogP contribution in [0.1, 0.15) is 94.3 Å². The van der Waals surface area contributed by atoms with Crippen LogP contribution < -0.4 is 0 Å². The lowest BCUT2D eigenvalue weighted by Crippen LogP contribution is -2.30. The molecule has 5 heteroatoms. The summed E-state index contributed by atoms with van der Waals surface area (Å²) in [6, 6.07) is 6.48. The van der Waals surface area contributed by atoms with E-state index in [1.54, 1.807) is 18.2 Å². The summed E-state index contributed by atoms with van der Waals surface area (Å²) < 4.78 is 25.9. The van der Waals surface area contributed by atoms with Gasteiger partial charge in [-0.25, -0.2) is 12.7 Å². The Labute approximate surface area is 159 Å². The number of rotatable bonds is 13. The second-order valence-corrected chi connectivity index (χ2v) is 9.10. The first-order valence-electron chi connectivity index (χ1n) is 10.2. The van der Waals surface area contributed by atoms with Crippen LogP contribution in [0.4, 0.5) is 0 Å². The molecule has 4 nitrogen and oxygen atoms in total. The third-order valence-corrected chi connectivity index (χ3v) is 6.97. The van der Waals surface area contributed by atoms with Gasteiger partial charge in [0.2, 0.25) is 0 Å². The summed E-state index contributed by atoms with van der Waals surface area (Å²) in [7, 11) is -3.63. The molecule has 0 fully saturated rings. The fourth-order valence-electron chi connectivity index (χ4n) is 3.55. The van der Waals surface area contributed by atoms with Crippen molar-refractivity contribution in [3.05, 3.63) is 29.8 Å². The minimum absolute atomic E-state index is 0.156. The Kier molecular flexibility index (Phi) is 8.63. The number of carbonyl (C=O) groups excluding carboxylic acids is 1. The van der Waals surface area contributed by atoms with Crippen LogP contribution in [0.2, 0.25) is 0 Å². The number of unbranched alkanes of at least 4 members (excludes halogenated alkanes) is 11. The van der Waals surface area contributed by atoms with Gasteiger partial charge in [0.15, 0.2) is 0 Å². The highest BCUT2D eigenvalue weighted by Gasteiger charge is 2.40. The molecule has 0 bridgehead atoms. The molecule has 1 heterocycles. The second-order valence-electron chi connectivity index (χ2n) is 7.27. The lowest BCUT2D eigenvalue weighted by atomic mass is 10.1. The topological polar surface area (TPSA) is 54.5 Å². The monoisotopic (exact) mass is 379 g/mol. The molecule has 26 heavy (non-hydrogen) atoms. The molecule has 0 unspecified atom stereocenters. The molecular formula is C21H33NO3S. The van der Waals surface area contributed by atoms with E-state index in [2.05, 4.69) is 6.92 Å². The minimum Gasteiger partial charge on any atom is -0.268 e. The van der Waals surface area contributed by atoms with Gasteiger partial charge < -0.3 is 0 Å². The highest BCUT2D eigenvalue weighted by atomic mass is 32.2. The number of carbonyl (C=O) groups is 1. The molecule has 0 atom stereocenters. The summed E-state index contributed by atoms with van der Waals surface area (Å²) in [6.45, 7) is 2.54. The van der Waals surface area contributed by atoms with E-state index in [1.807, 2.05) is 0 Å². The number of hydrogen-bond donors (Lipinski definition) is 0. The predicted molar refractivity (Wildman–Crippen MR) is 106 cm³/mol. The fraction of sp³-hybridized carbons (Fsp3) is 0.667. The molecule has 146 valence electrons. The Bertz CT molecular complexity index is 670. The van der Waals surface area contributed by atoms with E-state index in [-0.39, 0.29) is 10.8 Å². The van der Waals surface area contributed by atoms with E-state index < -0.39 is 10.0 Å². The molecule has 1 aromatic carbocycles. The van der Waals surface area contributed by atoms with Crippen molar-refractivity contribution in [2.45, 2.75) is 88.9 Å². The Balaban J connectivity index is 1.56. The minimum atomic E-state index is -3.63. The maximum atomic E-state index is 12.4. The third kappa shape index (κ3) is 5.57. The van der Waals surface area contributed by atoms with E-state index in [1.165, 1.54) is 63.9 Å². The largest absolute Gasteiger partial charge is 0.269 e. The molecule has 0 radical (unpaired) electrons. The number of benzene rings is 1. The zero-order chi connectivity index (χ0) is 18.8. The summed E-state index contributed by atoms with van der Waals surface area (Å²) in [5.74, 6) is -0.372. The third-order valence-electron chi connectivity index (χ3n) is 5.13. The molecule has 1 aromatic rings. The van der Waals surface area contributed by atoms with Gasteiger partial charge in [-0.2, -0.15) is 0 Å². The molecule has 0 N–H and O–H groups in total. The van der Waals surface area contributed by atoms with Crippen LogP contribution in [0, 0.1) is 0 Å². The smallest absolute Gasteiger partial charge is 0.268 e. The maximum absolute atomic E-state index is 12.4. The predicted octanol–water partition coefficient (Wildman–Crippen LogP) is 5.53. The zero-order valence-corrected chi connectivity index (χ0v) is 16.9. The molecule has 1 aliphatic heterocycles. The van der Waals surface area contributed by atoms with Gasteiger partial charge in [-0.1, -0.05) is 89.7 Å². The van der Waals surface area contributed by atoms with Crippen molar-refractivity contribution >= 4 is 15.9 Å². The maximum Gasteiger partial charge on any atom is 0.269 e. The molecule has 1 amide bonds. The van der Waals surface area contributed by atoms with Gasteiger partial charge in [0, 0.05) is 6.54 Å². The summed E-state index contributed by atoms with van der Waals surface area (Å²) in [5.41, 5.74) is 0.312. The quantitative estimate of drug-likeness (QED) is 0.423. The van der Waals surface area contributed by atoms with Crippen LogP contribution in [0.15, 0.2) is 29.2 Å². The van der Waals surface area contributed by atoms with Gasteiger partial charge in [-0.05, 0) is 18.6 Å². The van der Waals surface area contributed by atoms with Crippen molar-refractivity contribution in [1.82, 2.24) is 4.31 Å². The van der Waals surface area contributed by atoms with E-state index >= 15 is 0 Å². The lowest BCUT2D eigenvalue weighted by Gasteiger charge is -2.14. The first-order chi connectivity index (χ1) is 12.6. The Morgan fingerprint density at radius 3 is 1.81 bits per heavy atom. The van der Waals surface area contributed by atoms with E-state index in [9.17, 15) is 13.2 Å². The summed E-state index contributed by atoms with van der Waals surface area (Å²) >= 11 is 0. The van der Waals surface area contributed by atoms with Crippen molar-refractivity contribution in [2.75, 3.05) is 6.54 Å².